The fraction of sp³-hybridized carbons (Fsp3) is 0.200. The molecule has 0 heterocycles. The molecule has 0 unspecified atom stereocenters. The molecule has 0 spiro atoms. The van der Waals surface area contributed by atoms with Crippen LogP contribution in [-0.4, -0.2) is 0 Å². The molecule has 0 saturated carbocycles. The molecule has 2 rings (SSSR count). The predicted molar refractivity (Wildman–Crippen MR) is 44.1 cm³/mol. The molecule has 2 aliphatic carbocycles. The number of hydrogen-bond donors (Lipinski definition) is 0. The quantitative estimate of drug-likeness (QED) is 0.443. The molecule has 2 aliphatic rings. The van der Waals surface area contributed by atoms with Gasteiger partial charge in [0.1, 0.15) is 0 Å². The maximum absolute atomic E-state index is 2.33. The van der Waals surface area contributed by atoms with Gasteiger partial charge in [-0.3, -0.25) is 0 Å². The van der Waals surface area contributed by atoms with Gasteiger partial charge in [-0.2, -0.15) is 0 Å². The van der Waals surface area contributed by atoms with Crippen molar-refractivity contribution in [3.05, 3.63) is 48.6 Å². The molecule has 0 nitrogen and oxygen atoms in total. The van der Waals surface area contributed by atoms with E-state index in [-0.39, 0.29) is 57.0 Å². The van der Waals surface area contributed by atoms with E-state index in [9.17, 15) is 0 Å². The summed E-state index contributed by atoms with van der Waals surface area (Å²) < 4.78 is 1.65. The summed E-state index contributed by atoms with van der Waals surface area (Å²) in [5, 5.41) is 0. The Morgan fingerprint density at radius 1 is 0.571 bits per heavy atom. The molecule has 0 aliphatic heterocycles. The van der Waals surface area contributed by atoms with Crippen molar-refractivity contribution in [1.29, 1.82) is 0 Å². The maximum Gasteiger partial charge on any atom is -1.00 e. The largest absolute Gasteiger partial charge is 1.00 e. The molecule has 0 fully saturated rings. The molecule has 76 valence electrons. The SMILES string of the molecule is C1=C[CH]([Nb+3][CH]2C=CC=C2)C=C1.[Cl-].[Cl-].[Cl-]. The molecule has 0 radical (unpaired) electrons. The van der Waals surface area contributed by atoms with Gasteiger partial charge in [0, 0.05) is 0 Å². The summed E-state index contributed by atoms with van der Waals surface area (Å²) in [5.41, 5.74) is 0. The van der Waals surface area contributed by atoms with E-state index in [4.69, 9.17) is 0 Å². The Kier molecular flexibility index (Phi) is 10.7. The van der Waals surface area contributed by atoms with E-state index >= 15 is 0 Å². The average molecular weight is 329 g/mol. The Morgan fingerprint density at radius 2 is 0.857 bits per heavy atom. The van der Waals surface area contributed by atoms with E-state index in [0.717, 1.165) is 8.27 Å². The van der Waals surface area contributed by atoms with Crippen molar-refractivity contribution >= 4 is 0 Å². The van der Waals surface area contributed by atoms with E-state index in [1.54, 1.807) is 0 Å². The van der Waals surface area contributed by atoms with Gasteiger partial charge in [-0.15, -0.1) is 0 Å². The van der Waals surface area contributed by atoms with Crippen molar-refractivity contribution in [3.8, 4) is 0 Å². The van der Waals surface area contributed by atoms with Crippen LogP contribution in [0, 0.1) is 0 Å². The van der Waals surface area contributed by atoms with Gasteiger partial charge in [0.25, 0.3) is 0 Å². The molecule has 0 bridgehead atoms. The van der Waals surface area contributed by atoms with Gasteiger partial charge < -0.3 is 37.2 Å². The van der Waals surface area contributed by atoms with Crippen LogP contribution in [0.2, 0.25) is 8.27 Å². The van der Waals surface area contributed by atoms with Crippen molar-refractivity contribution in [2.75, 3.05) is 0 Å². The second-order valence-electron chi connectivity index (χ2n) is 2.67. The summed E-state index contributed by atoms with van der Waals surface area (Å²) in [7, 11) is 0. The molecule has 0 saturated heterocycles. The number of rotatable bonds is 2. The predicted octanol–water partition coefficient (Wildman–Crippen LogP) is -6.09. The first kappa shape index (κ1) is 17.0. The first-order chi connectivity index (χ1) is 5.45. The van der Waals surface area contributed by atoms with Crippen LogP contribution in [-0.2, 0) is 19.8 Å². The van der Waals surface area contributed by atoms with E-state index in [1.165, 1.54) is 0 Å². The van der Waals surface area contributed by atoms with Crippen LogP contribution in [0.15, 0.2) is 48.6 Å². The van der Waals surface area contributed by atoms with E-state index in [1.807, 2.05) is 0 Å². The molecule has 0 aromatic carbocycles. The topological polar surface area (TPSA) is 0 Å². The number of halogens is 3. The van der Waals surface area contributed by atoms with Gasteiger partial charge >= 0.3 is 76.6 Å². The Morgan fingerprint density at radius 3 is 1.14 bits per heavy atom. The van der Waals surface area contributed by atoms with Crippen LogP contribution in [0.5, 0.6) is 0 Å². The molecule has 4 heteroatoms. The van der Waals surface area contributed by atoms with E-state index in [2.05, 4.69) is 48.6 Å². The Bertz CT molecular complexity index is 206. The molecule has 0 aromatic heterocycles. The Balaban J connectivity index is 0. The fourth-order valence-electron chi connectivity index (χ4n) is 1.24. The first-order valence-electron chi connectivity index (χ1n) is 3.85. The van der Waals surface area contributed by atoms with Gasteiger partial charge in [0.15, 0.2) is 0 Å². The van der Waals surface area contributed by atoms with Crippen molar-refractivity contribution in [2.24, 2.45) is 0 Å². The zero-order valence-corrected chi connectivity index (χ0v) is 11.8. The van der Waals surface area contributed by atoms with Gasteiger partial charge in [-0.05, 0) is 0 Å². The minimum Gasteiger partial charge on any atom is -1.00 e. The van der Waals surface area contributed by atoms with E-state index < -0.39 is 0 Å². The molecule has 0 atom stereocenters. The third-order valence-electron chi connectivity index (χ3n) is 1.80. The monoisotopic (exact) mass is 328 g/mol. The van der Waals surface area contributed by atoms with Crippen LogP contribution in [0.3, 0.4) is 0 Å². The summed E-state index contributed by atoms with van der Waals surface area (Å²) in [6.45, 7) is 0. The minimum atomic E-state index is -0.0806. The molecule has 14 heavy (non-hydrogen) atoms. The van der Waals surface area contributed by atoms with Crippen LogP contribution in [0.25, 0.3) is 0 Å². The molecular weight excluding hydrogens is 319 g/mol. The van der Waals surface area contributed by atoms with Crippen LogP contribution < -0.4 is 37.2 Å². The van der Waals surface area contributed by atoms with E-state index in [0.29, 0.717) is 0 Å². The van der Waals surface area contributed by atoms with Crippen molar-refractivity contribution in [3.63, 3.8) is 0 Å². The van der Waals surface area contributed by atoms with Crippen LogP contribution >= 0.6 is 0 Å². The first-order valence-corrected chi connectivity index (χ1v) is 6.39. The third kappa shape index (κ3) is 4.88. The van der Waals surface area contributed by atoms with Crippen molar-refractivity contribution in [2.45, 2.75) is 8.27 Å². The van der Waals surface area contributed by atoms with Gasteiger partial charge in [0.05, 0.1) is 0 Å². The van der Waals surface area contributed by atoms with Crippen molar-refractivity contribution in [1.82, 2.24) is 0 Å². The Labute approximate surface area is 113 Å². The second-order valence-corrected chi connectivity index (χ2v) is 6.33. The zero-order valence-electron chi connectivity index (χ0n) is 7.35. The smallest absolute Gasteiger partial charge is 1.00 e. The second kappa shape index (κ2) is 8.84. The number of hydrogen-bond acceptors (Lipinski definition) is 0. The summed E-state index contributed by atoms with van der Waals surface area (Å²) >= 11 is -0.0806. The summed E-state index contributed by atoms with van der Waals surface area (Å²) in [5.74, 6) is 0. The minimum absolute atomic E-state index is 0. The van der Waals surface area contributed by atoms with Gasteiger partial charge in [-0.25, -0.2) is 0 Å². The summed E-state index contributed by atoms with van der Waals surface area (Å²) in [6, 6.07) is 0. The maximum atomic E-state index is 2.33. The summed E-state index contributed by atoms with van der Waals surface area (Å²) in [6.07, 6.45) is 18.0. The molecule has 0 aromatic rings. The number of allylic oxidation sites excluding steroid dienone is 8. The average Bonchev–Trinajstić information content (AvgIpc) is 2.60. The van der Waals surface area contributed by atoms with Crippen LogP contribution in [0.1, 0.15) is 0 Å². The standard InChI is InChI=1S/2C5H5.3ClH.Nb/c2*1-2-4-5-3-1;;;;/h2*1-5H;3*1H;/q;;;;;+3/p-3. The molecule has 0 N–H and O–H groups in total. The van der Waals surface area contributed by atoms with Crippen molar-refractivity contribution < 1.29 is 57.0 Å². The fourth-order valence-corrected chi connectivity index (χ4v) is 4.17. The van der Waals surface area contributed by atoms with Crippen LogP contribution in [0.4, 0.5) is 0 Å². The zero-order chi connectivity index (χ0) is 7.52. The normalized spacial score (nSPS) is 17.1. The van der Waals surface area contributed by atoms with Gasteiger partial charge in [0.2, 0.25) is 0 Å². The molecule has 0 amide bonds. The summed E-state index contributed by atoms with van der Waals surface area (Å²) in [4.78, 5) is 0. The molecular formula is C10H10Cl3Nb. The third-order valence-corrected chi connectivity index (χ3v) is 5.18. The van der Waals surface area contributed by atoms with Gasteiger partial charge in [-0.1, -0.05) is 0 Å². The Hall–Kier alpha value is 0.570.